The summed E-state index contributed by atoms with van der Waals surface area (Å²) >= 11 is 3.90. The summed E-state index contributed by atoms with van der Waals surface area (Å²) in [6.45, 7) is 1.09. The summed E-state index contributed by atoms with van der Waals surface area (Å²) in [7, 11) is 0. The van der Waals surface area contributed by atoms with E-state index in [1.807, 2.05) is 30.3 Å². The first-order chi connectivity index (χ1) is 16.3. The molecule has 190 valence electrons. The summed E-state index contributed by atoms with van der Waals surface area (Å²) in [5.74, 6) is -1.53. The van der Waals surface area contributed by atoms with Crippen molar-refractivity contribution < 1.29 is 24.3 Å². The Morgan fingerprint density at radius 1 is 0.853 bits per heavy atom. The summed E-state index contributed by atoms with van der Waals surface area (Å²) < 4.78 is 0. The number of thiol groups is 1. The molecule has 0 radical (unpaired) electrons. The van der Waals surface area contributed by atoms with Crippen LogP contribution in [0.4, 0.5) is 0 Å². The number of unbranched alkanes of at least 4 members (excludes halogenated alkanes) is 4. The zero-order valence-electron chi connectivity index (χ0n) is 19.6. The van der Waals surface area contributed by atoms with Crippen LogP contribution in [0.15, 0.2) is 30.3 Å². The second-order valence-corrected chi connectivity index (χ2v) is 8.56. The zero-order valence-corrected chi connectivity index (χ0v) is 20.5. The Labute approximate surface area is 207 Å². The van der Waals surface area contributed by atoms with Crippen molar-refractivity contribution in [1.29, 1.82) is 0 Å². The molecular formula is C24H38N4O5S. The third-order valence-corrected chi connectivity index (χ3v) is 5.60. The Morgan fingerprint density at radius 3 is 2.03 bits per heavy atom. The van der Waals surface area contributed by atoms with Crippen LogP contribution in [-0.2, 0) is 25.6 Å². The number of hydrogen-bond donors (Lipinski definition) is 6. The van der Waals surface area contributed by atoms with E-state index < -0.39 is 18.1 Å². The molecule has 0 aliphatic heterocycles. The van der Waals surface area contributed by atoms with Crippen LogP contribution in [0.5, 0.6) is 0 Å². The number of carboxylic acids is 1. The number of carbonyl (C=O) groups is 4. The lowest BCUT2D eigenvalue weighted by Gasteiger charge is -2.12. The molecule has 0 saturated heterocycles. The molecule has 10 heteroatoms. The van der Waals surface area contributed by atoms with Crippen molar-refractivity contribution in [3.05, 3.63) is 35.9 Å². The standard InChI is InChI=1S/C24H38N4O5S/c25-19(16-18-10-4-1-5-11-18)23(31)27-15-9-2-6-12-21(29)26-14-8-3-7-13-22(30)28-20(17-34)24(32)33/h1,4-5,10-11,19-20,34H,2-3,6-9,12-17,25H2,(H,26,29)(H,27,31)(H,28,30)(H,32,33)/t19-,20-/m0/s1. The average Bonchev–Trinajstić information content (AvgIpc) is 2.82. The molecule has 0 aromatic heterocycles. The fourth-order valence-electron chi connectivity index (χ4n) is 3.25. The summed E-state index contributed by atoms with van der Waals surface area (Å²) in [6.07, 6.45) is 5.69. The van der Waals surface area contributed by atoms with Crippen molar-refractivity contribution >= 4 is 36.3 Å². The predicted molar refractivity (Wildman–Crippen MR) is 134 cm³/mol. The first-order valence-corrected chi connectivity index (χ1v) is 12.4. The normalized spacial score (nSPS) is 12.4. The topological polar surface area (TPSA) is 151 Å². The van der Waals surface area contributed by atoms with Gasteiger partial charge in [-0.15, -0.1) is 0 Å². The molecule has 0 unspecified atom stereocenters. The van der Waals surface area contributed by atoms with Crippen molar-refractivity contribution in [1.82, 2.24) is 16.0 Å². The number of amides is 3. The van der Waals surface area contributed by atoms with Crippen LogP contribution in [0.1, 0.15) is 56.9 Å². The molecule has 1 rings (SSSR count). The van der Waals surface area contributed by atoms with Gasteiger partial charge in [0.2, 0.25) is 17.7 Å². The summed E-state index contributed by atoms with van der Waals surface area (Å²) in [5.41, 5.74) is 6.98. The Hall–Kier alpha value is -2.59. The zero-order chi connectivity index (χ0) is 25.2. The van der Waals surface area contributed by atoms with Crippen LogP contribution in [0.3, 0.4) is 0 Å². The molecule has 1 aromatic carbocycles. The number of aliphatic carboxylic acids is 1. The molecule has 0 spiro atoms. The minimum atomic E-state index is -1.10. The highest BCUT2D eigenvalue weighted by Crippen LogP contribution is 2.04. The van der Waals surface area contributed by atoms with Gasteiger partial charge in [0.25, 0.3) is 0 Å². The van der Waals surface area contributed by atoms with Gasteiger partial charge in [-0.3, -0.25) is 14.4 Å². The first kappa shape index (κ1) is 29.4. The molecule has 0 fully saturated rings. The van der Waals surface area contributed by atoms with E-state index in [2.05, 4.69) is 28.6 Å². The average molecular weight is 495 g/mol. The fourth-order valence-corrected chi connectivity index (χ4v) is 3.49. The molecule has 9 nitrogen and oxygen atoms in total. The van der Waals surface area contributed by atoms with Gasteiger partial charge in [-0.25, -0.2) is 4.79 Å². The van der Waals surface area contributed by atoms with Gasteiger partial charge in [0.05, 0.1) is 6.04 Å². The monoisotopic (exact) mass is 494 g/mol. The van der Waals surface area contributed by atoms with Crippen LogP contribution in [0, 0.1) is 0 Å². The van der Waals surface area contributed by atoms with Crippen LogP contribution in [-0.4, -0.2) is 59.7 Å². The largest absolute Gasteiger partial charge is 0.480 e. The molecule has 0 aliphatic carbocycles. The van der Waals surface area contributed by atoms with E-state index in [4.69, 9.17) is 10.8 Å². The van der Waals surface area contributed by atoms with E-state index in [-0.39, 0.29) is 29.9 Å². The molecule has 0 saturated carbocycles. The van der Waals surface area contributed by atoms with Gasteiger partial charge < -0.3 is 26.8 Å². The van der Waals surface area contributed by atoms with Gasteiger partial charge in [0.15, 0.2) is 0 Å². The number of nitrogens with one attached hydrogen (secondary N) is 3. The SMILES string of the molecule is N[C@@H](Cc1ccccc1)C(=O)NCCCCCC(=O)NCCCCCC(=O)N[C@@H](CS)C(=O)O. The van der Waals surface area contributed by atoms with Crippen LogP contribution >= 0.6 is 12.6 Å². The quantitative estimate of drug-likeness (QED) is 0.134. The van der Waals surface area contributed by atoms with E-state index >= 15 is 0 Å². The molecule has 1 aromatic rings. The molecule has 34 heavy (non-hydrogen) atoms. The van der Waals surface area contributed by atoms with Crippen LogP contribution in [0.2, 0.25) is 0 Å². The Morgan fingerprint density at radius 2 is 1.44 bits per heavy atom. The maximum atomic E-state index is 12.1. The van der Waals surface area contributed by atoms with Crippen LogP contribution in [0.25, 0.3) is 0 Å². The molecule has 0 aliphatic rings. The van der Waals surface area contributed by atoms with E-state index in [0.29, 0.717) is 32.4 Å². The summed E-state index contributed by atoms with van der Waals surface area (Å²) in [4.78, 5) is 46.5. The van der Waals surface area contributed by atoms with Crippen molar-refractivity contribution in [2.45, 2.75) is 69.9 Å². The van der Waals surface area contributed by atoms with E-state index in [0.717, 1.165) is 37.7 Å². The second-order valence-electron chi connectivity index (χ2n) is 8.20. The molecule has 0 heterocycles. The predicted octanol–water partition coefficient (Wildman–Crippen LogP) is 1.41. The molecule has 2 atom stereocenters. The van der Waals surface area contributed by atoms with Gasteiger partial charge in [-0.1, -0.05) is 43.2 Å². The number of carboxylic acid groups (broad SMARTS) is 1. The van der Waals surface area contributed by atoms with Gasteiger partial charge in [-0.05, 0) is 37.7 Å². The third kappa shape index (κ3) is 13.8. The van der Waals surface area contributed by atoms with E-state index in [9.17, 15) is 19.2 Å². The minimum absolute atomic E-state index is 0.00950. The van der Waals surface area contributed by atoms with Crippen molar-refractivity contribution in [2.75, 3.05) is 18.8 Å². The molecular weight excluding hydrogens is 456 g/mol. The van der Waals surface area contributed by atoms with E-state index in [1.54, 1.807) is 0 Å². The number of nitrogens with two attached hydrogens (primary N) is 1. The lowest BCUT2D eigenvalue weighted by molar-refractivity contribution is -0.141. The van der Waals surface area contributed by atoms with Gasteiger partial charge in [0.1, 0.15) is 6.04 Å². The lowest BCUT2D eigenvalue weighted by Crippen LogP contribution is -2.42. The van der Waals surface area contributed by atoms with Crippen molar-refractivity contribution in [2.24, 2.45) is 5.73 Å². The maximum absolute atomic E-state index is 12.1. The maximum Gasteiger partial charge on any atom is 0.327 e. The molecule has 0 bridgehead atoms. The van der Waals surface area contributed by atoms with Crippen LogP contribution < -0.4 is 21.7 Å². The number of benzene rings is 1. The number of carbonyl (C=O) groups excluding carboxylic acids is 3. The van der Waals surface area contributed by atoms with Crippen molar-refractivity contribution in [3.63, 3.8) is 0 Å². The van der Waals surface area contributed by atoms with Gasteiger partial charge >= 0.3 is 5.97 Å². The number of rotatable bonds is 18. The Bertz CT molecular complexity index is 763. The number of hydrogen-bond acceptors (Lipinski definition) is 6. The Balaban J connectivity index is 1.97. The first-order valence-electron chi connectivity index (χ1n) is 11.8. The highest BCUT2D eigenvalue weighted by molar-refractivity contribution is 7.80. The molecule has 6 N–H and O–H groups in total. The van der Waals surface area contributed by atoms with Gasteiger partial charge in [0, 0.05) is 31.7 Å². The second kappa shape index (κ2) is 17.8. The van der Waals surface area contributed by atoms with Gasteiger partial charge in [-0.2, -0.15) is 12.6 Å². The smallest absolute Gasteiger partial charge is 0.327 e. The highest BCUT2D eigenvalue weighted by Gasteiger charge is 2.17. The Kier molecular flexibility index (Phi) is 15.4. The third-order valence-electron chi connectivity index (χ3n) is 5.23. The summed E-state index contributed by atoms with van der Waals surface area (Å²) in [5, 5.41) is 17.0. The van der Waals surface area contributed by atoms with Crippen molar-refractivity contribution in [3.8, 4) is 0 Å². The minimum Gasteiger partial charge on any atom is -0.480 e. The van der Waals surface area contributed by atoms with E-state index in [1.165, 1.54) is 0 Å². The molecule has 3 amide bonds. The highest BCUT2D eigenvalue weighted by atomic mass is 32.1. The summed E-state index contributed by atoms with van der Waals surface area (Å²) in [6, 6.07) is 8.11. The lowest BCUT2D eigenvalue weighted by atomic mass is 10.1. The fraction of sp³-hybridized carbons (Fsp3) is 0.583.